The summed E-state index contributed by atoms with van der Waals surface area (Å²) in [5, 5.41) is 0.669. The van der Waals surface area contributed by atoms with Gasteiger partial charge in [-0.3, -0.25) is 4.79 Å². The van der Waals surface area contributed by atoms with E-state index in [4.69, 9.17) is 16.3 Å². The van der Waals surface area contributed by atoms with Crippen LogP contribution >= 0.6 is 11.6 Å². The third kappa shape index (κ3) is 2.70. The van der Waals surface area contributed by atoms with Gasteiger partial charge in [-0.2, -0.15) is 0 Å². The van der Waals surface area contributed by atoms with E-state index in [-0.39, 0.29) is 11.7 Å². The Bertz CT molecular complexity index is 636. The summed E-state index contributed by atoms with van der Waals surface area (Å²) < 4.78 is 5.60. The average molecular weight is 287 g/mol. The monoisotopic (exact) mass is 286 g/mol. The minimum Gasteiger partial charge on any atom is -0.493 e. The number of hydrogen-bond acceptors (Lipinski definition) is 2. The van der Waals surface area contributed by atoms with Gasteiger partial charge >= 0.3 is 0 Å². The van der Waals surface area contributed by atoms with E-state index in [1.165, 1.54) is 0 Å². The van der Waals surface area contributed by atoms with Crippen molar-refractivity contribution in [2.45, 2.75) is 18.8 Å². The number of ketones is 1. The normalized spacial score (nSPS) is 17.1. The van der Waals surface area contributed by atoms with Crippen molar-refractivity contribution in [3.8, 4) is 5.75 Å². The molecule has 1 atom stereocenters. The van der Waals surface area contributed by atoms with Gasteiger partial charge in [0.1, 0.15) is 11.5 Å². The molecular weight excluding hydrogens is 272 g/mol. The molecule has 0 N–H and O–H groups in total. The molecule has 2 aromatic rings. The molecule has 0 aromatic heterocycles. The van der Waals surface area contributed by atoms with Crippen molar-refractivity contribution in [1.29, 1.82) is 0 Å². The molecule has 2 nitrogen and oxygen atoms in total. The number of hydrogen-bond donors (Lipinski definition) is 0. The molecule has 1 unspecified atom stereocenters. The predicted octanol–water partition coefficient (Wildman–Crippen LogP) is 4.02. The molecule has 0 radical (unpaired) electrons. The van der Waals surface area contributed by atoms with Gasteiger partial charge in [0.25, 0.3) is 0 Å². The van der Waals surface area contributed by atoms with Crippen molar-refractivity contribution >= 4 is 17.4 Å². The van der Waals surface area contributed by atoms with Crippen molar-refractivity contribution in [1.82, 2.24) is 0 Å². The lowest BCUT2D eigenvalue weighted by molar-refractivity contribution is -0.120. The van der Waals surface area contributed by atoms with Crippen LogP contribution in [0.5, 0.6) is 5.75 Å². The van der Waals surface area contributed by atoms with Crippen molar-refractivity contribution in [2.75, 3.05) is 6.61 Å². The number of benzene rings is 2. The number of rotatable bonds is 3. The number of halogens is 1. The molecule has 1 aliphatic heterocycles. The van der Waals surface area contributed by atoms with Crippen molar-refractivity contribution in [3.63, 3.8) is 0 Å². The molecule has 0 bridgehead atoms. The van der Waals surface area contributed by atoms with E-state index in [9.17, 15) is 4.79 Å². The second-order valence-corrected chi connectivity index (χ2v) is 5.44. The zero-order valence-electron chi connectivity index (χ0n) is 11.0. The molecule has 2 aromatic carbocycles. The van der Waals surface area contributed by atoms with Crippen molar-refractivity contribution in [3.05, 3.63) is 64.7 Å². The van der Waals surface area contributed by atoms with Gasteiger partial charge in [0.15, 0.2) is 0 Å². The fourth-order valence-corrected chi connectivity index (χ4v) is 2.86. The topological polar surface area (TPSA) is 26.3 Å². The van der Waals surface area contributed by atoms with Crippen LogP contribution in [-0.2, 0) is 11.2 Å². The third-order valence-corrected chi connectivity index (χ3v) is 3.85. The molecule has 0 saturated heterocycles. The molecule has 0 spiro atoms. The summed E-state index contributed by atoms with van der Waals surface area (Å²) in [6, 6.07) is 15.3. The Balaban J connectivity index is 1.82. The minimum absolute atomic E-state index is 0.0704. The summed E-state index contributed by atoms with van der Waals surface area (Å²) in [5.74, 6) is 0.991. The molecule has 1 aliphatic rings. The fourth-order valence-electron chi connectivity index (χ4n) is 2.65. The van der Waals surface area contributed by atoms with Gasteiger partial charge < -0.3 is 4.74 Å². The van der Waals surface area contributed by atoms with E-state index < -0.39 is 0 Å². The maximum Gasteiger partial charge on any atom is 0.144 e. The molecule has 1 heterocycles. The van der Waals surface area contributed by atoms with E-state index in [1.807, 2.05) is 48.5 Å². The number of carbonyl (C=O) groups is 1. The van der Waals surface area contributed by atoms with Gasteiger partial charge in [-0.05, 0) is 30.2 Å². The second kappa shape index (κ2) is 5.68. The first-order chi connectivity index (χ1) is 9.74. The Morgan fingerprint density at radius 3 is 2.90 bits per heavy atom. The maximum atomic E-state index is 12.5. The summed E-state index contributed by atoms with van der Waals surface area (Å²) >= 11 is 5.96. The second-order valence-electron chi connectivity index (χ2n) is 5.00. The smallest absolute Gasteiger partial charge is 0.144 e. The van der Waals surface area contributed by atoms with E-state index in [1.54, 1.807) is 0 Å². The molecule has 20 heavy (non-hydrogen) atoms. The van der Waals surface area contributed by atoms with E-state index in [0.29, 0.717) is 18.1 Å². The van der Waals surface area contributed by atoms with Crippen LogP contribution in [0.4, 0.5) is 0 Å². The lowest BCUT2D eigenvalue weighted by Gasteiger charge is -2.24. The first-order valence-corrected chi connectivity index (χ1v) is 7.11. The quantitative estimate of drug-likeness (QED) is 0.852. The highest BCUT2D eigenvalue weighted by molar-refractivity contribution is 6.30. The predicted molar refractivity (Wildman–Crippen MR) is 79.5 cm³/mol. The van der Waals surface area contributed by atoms with Gasteiger partial charge in [-0.25, -0.2) is 0 Å². The highest BCUT2D eigenvalue weighted by Crippen LogP contribution is 2.34. The highest BCUT2D eigenvalue weighted by atomic mass is 35.5. The van der Waals surface area contributed by atoms with Crippen LogP contribution in [0, 0.1) is 0 Å². The summed E-state index contributed by atoms with van der Waals surface area (Å²) in [6.07, 6.45) is 1.16. The van der Waals surface area contributed by atoms with Gasteiger partial charge in [0.2, 0.25) is 0 Å². The minimum atomic E-state index is -0.0704. The summed E-state index contributed by atoms with van der Waals surface area (Å²) in [6.45, 7) is 0.600. The first kappa shape index (κ1) is 13.2. The Morgan fingerprint density at radius 1 is 1.20 bits per heavy atom. The summed E-state index contributed by atoms with van der Waals surface area (Å²) in [4.78, 5) is 12.5. The number of Topliss-reactive ketones (excluding diaryl/α,β-unsaturated/α-hetero) is 1. The van der Waals surface area contributed by atoms with Crippen LogP contribution in [0.3, 0.4) is 0 Å². The largest absolute Gasteiger partial charge is 0.493 e. The number of fused-ring (bicyclic) bond motifs is 1. The zero-order chi connectivity index (χ0) is 13.9. The van der Waals surface area contributed by atoms with Crippen LogP contribution in [0.2, 0.25) is 5.02 Å². The molecular formula is C17H15ClO2. The molecule has 0 fully saturated rings. The fraction of sp³-hybridized carbons (Fsp3) is 0.235. The third-order valence-electron chi connectivity index (χ3n) is 3.61. The Morgan fingerprint density at radius 2 is 2.05 bits per heavy atom. The highest BCUT2D eigenvalue weighted by Gasteiger charge is 2.27. The van der Waals surface area contributed by atoms with Crippen molar-refractivity contribution in [2.24, 2.45) is 0 Å². The first-order valence-electron chi connectivity index (χ1n) is 6.73. The van der Waals surface area contributed by atoms with E-state index in [0.717, 1.165) is 23.3 Å². The molecule has 3 rings (SSSR count). The summed E-state index contributed by atoms with van der Waals surface area (Å²) in [5.41, 5.74) is 1.97. The molecule has 0 amide bonds. The average Bonchev–Trinajstić information content (AvgIpc) is 2.46. The molecule has 0 saturated carbocycles. The van der Waals surface area contributed by atoms with Crippen LogP contribution < -0.4 is 4.74 Å². The molecule has 102 valence electrons. The zero-order valence-corrected chi connectivity index (χ0v) is 11.8. The van der Waals surface area contributed by atoms with Crippen LogP contribution in [0.1, 0.15) is 23.5 Å². The lowest BCUT2D eigenvalue weighted by Crippen LogP contribution is -2.22. The Labute approximate surface area is 123 Å². The van der Waals surface area contributed by atoms with Gasteiger partial charge in [-0.1, -0.05) is 41.9 Å². The lowest BCUT2D eigenvalue weighted by atomic mass is 9.87. The standard InChI is InChI=1S/C17H15ClO2/c18-13-5-3-4-12(10-13)11-16(19)14-8-9-20-17-7-2-1-6-15(14)17/h1-7,10,14H,8-9,11H2. The van der Waals surface area contributed by atoms with Crippen LogP contribution in [0.15, 0.2) is 48.5 Å². The molecule has 3 heteroatoms. The van der Waals surface area contributed by atoms with Crippen molar-refractivity contribution < 1.29 is 9.53 Å². The Kier molecular flexibility index (Phi) is 3.75. The van der Waals surface area contributed by atoms with Gasteiger partial charge in [-0.15, -0.1) is 0 Å². The maximum absolute atomic E-state index is 12.5. The summed E-state index contributed by atoms with van der Waals surface area (Å²) in [7, 11) is 0. The Hall–Kier alpha value is -1.80. The van der Waals surface area contributed by atoms with Crippen LogP contribution in [0.25, 0.3) is 0 Å². The number of carbonyl (C=O) groups excluding carboxylic acids is 1. The van der Waals surface area contributed by atoms with Crippen LogP contribution in [-0.4, -0.2) is 12.4 Å². The SMILES string of the molecule is O=C(Cc1cccc(Cl)c1)C1CCOc2ccccc21. The van der Waals surface area contributed by atoms with Gasteiger partial charge in [0, 0.05) is 22.9 Å². The van der Waals surface area contributed by atoms with E-state index in [2.05, 4.69) is 0 Å². The van der Waals surface area contributed by atoms with Gasteiger partial charge in [0.05, 0.1) is 6.61 Å². The number of ether oxygens (including phenoxy) is 1. The molecule has 0 aliphatic carbocycles. The number of para-hydroxylation sites is 1. The van der Waals surface area contributed by atoms with E-state index >= 15 is 0 Å².